The molecule has 0 radical (unpaired) electrons. The van der Waals surface area contributed by atoms with E-state index in [0.717, 1.165) is 23.7 Å². The number of hydrogen-bond donors (Lipinski definition) is 1. The minimum absolute atomic E-state index is 0.773. The fourth-order valence-corrected chi connectivity index (χ4v) is 2.48. The zero-order valence-corrected chi connectivity index (χ0v) is 11.3. The first-order chi connectivity index (χ1) is 9.33. The summed E-state index contributed by atoms with van der Waals surface area (Å²) in [5.41, 5.74) is 3.30. The summed E-state index contributed by atoms with van der Waals surface area (Å²) in [4.78, 5) is 0. The summed E-state index contributed by atoms with van der Waals surface area (Å²) >= 11 is 1.71. The fourth-order valence-electron chi connectivity index (χ4n) is 1.82. The van der Waals surface area contributed by atoms with Gasteiger partial charge in [-0.05, 0) is 57.9 Å². The van der Waals surface area contributed by atoms with Crippen LogP contribution in [0.1, 0.15) is 11.4 Å². The maximum Gasteiger partial charge on any atom is 0.153 e. The summed E-state index contributed by atoms with van der Waals surface area (Å²) in [7, 11) is 0. The molecule has 3 aromatic rings. The van der Waals surface area contributed by atoms with Gasteiger partial charge in [0.1, 0.15) is 0 Å². The summed E-state index contributed by atoms with van der Waals surface area (Å²) in [5.74, 6) is 0.773. The van der Waals surface area contributed by atoms with Gasteiger partial charge in [-0.1, -0.05) is 6.07 Å². The van der Waals surface area contributed by atoms with Crippen molar-refractivity contribution in [1.82, 2.24) is 20.2 Å². The van der Waals surface area contributed by atoms with E-state index >= 15 is 0 Å². The van der Waals surface area contributed by atoms with E-state index < -0.39 is 0 Å². The summed E-state index contributed by atoms with van der Waals surface area (Å²) in [6, 6.07) is 10.2. The van der Waals surface area contributed by atoms with Crippen molar-refractivity contribution in [3.05, 3.63) is 52.5 Å². The normalized spacial score (nSPS) is 10.6. The molecule has 5 nitrogen and oxygen atoms in total. The Morgan fingerprint density at radius 2 is 2.26 bits per heavy atom. The van der Waals surface area contributed by atoms with Crippen LogP contribution in [0.5, 0.6) is 0 Å². The van der Waals surface area contributed by atoms with Crippen LogP contribution in [0.15, 0.2) is 41.1 Å². The third-order valence-corrected chi connectivity index (χ3v) is 3.52. The second-order valence-corrected chi connectivity index (χ2v) is 4.95. The molecule has 1 N–H and O–H groups in total. The van der Waals surface area contributed by atoms with Crippen molar-refractivity contribution in [3.63, 3.8) is 0 Å². The number of benzene rings is 1. The van der Waals surface area contributed by atoms with Crippen LogP contribution >= 0.6 is 11.3 Å². The molecule has 0 amide bonds. The topological polar surface area (TPSA) is 55.6 Å². The van der Waals surface area contributed by atoms with E-state index in [4.69, 9.17) is 0 Å². The molecule has 0 saturated heterocycles. The number of rotatable bonds is 4. The van der Waals surface area contributed by atoms with Crippen molar-refractivity contribution < 1.29 is 0 Å². The minimum Gasteiger partial charge on any atom is -0.381 e. The Morgan fingerprint density at radius 3 is 3.00 bits per heavy atom. The first-order valence-corrected chi connectivity index (χ1v) is 6.87. The highest BCUT2D eigenvalue weighted by Gasteiger charge is 2.04. The van der Waals surface area contributed by atoms with E-state index in [1.54, 1.807) is 16.0 Å². The molecule has 3 rings (SSSR count). The molecule has 2 aromatic heterocycles. The molecule has 19 heavy (non-hydrogen) atoms. The Balaban J connectivity index is 1.78. The molecular formula is C13H13N5S. The monoisotopic (exact) mass is 271 g/mol. The van der Waals surface area contributed by atoms with E-state index in [-0.39, 0.29) is 0 Å². The van der Waals surface area contributed by atoms with Crippen LogP contribution in [-0.2, 0) is 6.54 Å². The van der Waals surface area contributed by atoms with Gasteiger partial charge in [-0.15, -0.1) is 5.10 Å². The number of aryl methyl sites for hydroxylation is 1. The predicted octanol–water partition coefficient (Wildman–Crippen LogP) is 2.64. The van der Waals surface area contributed by atoms with Gasteiger partial charge in [-0.2, -0.15) is 16.0 Å². The van der Waals surface area contributed by atoms with Crippen molar-refractivity contribution in [2.75, 3.05) is 5.32 Å². The molecule has 0 saturated carbocycles. The minimum atomic E-state index is 0.773. The first-order valence-electron chi connectivity index (χ1n) is 5.93. The number of hydrogen-bond acceptors (Lipinski definition) is 5. The molecule has 2 heterocycles. The number of anilines is 1. The van der Waals surface area contributed by atoms with E-state index in [1.807, 2.05) is 31.2 Å². The number of thiophene rings is 1. The van der Waals surface area contributed by atoms with Gasteiger partial charge in [0, 0.05) is 12.2 Å². The van der Waals surface area contributed by atoms with Crippen LogP contribution in [0.3, 0.4) is 0 Å². The van der Waals surface area contributed by atoms with Crippen molar-refractivity contribution in [1.29, 1.82) is 0 Å². The van der Waals surface area contributed by atoms with E-state index in [2.05, 4.69) is 37.7 Å². The lowest BCUT2D eigenvalue weighted by molar-refractivity contribution is 0.779. The molecule has 0 bridgehead atoms. The standard InChI is InChI=1S/C13H13N5S/c1-10-15-16-17-18(10)13-4-2-3-12(7-13)14-8-11-5-6-19-9-11/h2-7,9,14H,8H2,1H3. The van der Waals surface area contributed by atoms with Crippen LogP contribution in [0.4, 0.5) is 5.69 Å². The summed E-state index contributed by atoms with van der Waals surface area (Å²) in [5, 5.41) is 19.1. The third-order valence-electron chi connectivity index (χ3n) is 2.79. The number of nitrogens with one attached hydrogen (secondary N) is 1. The van der Waals surface area contributed by atoms with Crippen LogP contribution in [0.25, 0.3) is 5.69 Å². The van der Waals surface area contributed by atoms with Crippen LogP contribution in [0, 0.1) is 6.92 Å². The molecule has 6 heteroatoms. The molecule has 0 aliphatic carbocycles. The molecule has 96 valence electrons. The SMILES string of the molecule is Cc1nnnn1-c1cccc(NCc2ccsc2)c1. The molecule has 0 fully saturated rings. The van der Waals surface area contributed by atoms with Gasteiger partial charge in [-0.25, -0.2) is 0 Å². The second kappa shape index (κ2) is 5.19. The van der Waals surface area contributed by atoms with E-state index in [1.165, 1.54) is 5.56 Å². The second-order valence-electron chi connectivity index (χ2n) is 4.17. The highest BCUT2D eigenvalue weighted by atomic mass is 32.1. The largest absolute Gasteiger partial charge is 0.381 e. The Labute approximate surface area is 114 Å². The van der Waals surface area contributed by atoms with Gasteiger partial charge >= 0.3 is 0 Å². The third kappa shape index (κ3) is 2.63. The molecule has 0 spiro atoms. The molecular weight excluding hydrogens is 258 g/mol. The maximum atomic E-state index is 3.97. The highest BCUT2D eigenvalue weighted by molar-refractivity contribution is 7.07. The average Bonchev–Trinajstić information content (AvgIpc) is 3.08. The van der Waals surface area contributed by atoms with Crippen molar-refractivity contribution >= 4 is 17.0 Å². The van der Waals surface area contributed by atoms with Gasteiger partial charge in [0.05, 0.1) is 5.69 Å². The van der Waals surface area contributed by atoms with Gasteiger partial charge in [0.2, 0.25) is 0 Å². The molecule has 1 aromatic carbocycles. The molecule has 0 unspecified atom stereocenters. The quantitative estimate of drug-likeness (QED) is 0.792. The Morgan fingerprint density at radius 1 is 1.32 bits per heavy atom. The highest BCUT2D eigenvalue weighted by Crippen LogP contribution is 2.16. The lowest BCUT2D eigenvalue weighted by atomic mass is 10.2. The van der Waals surface area contributed by atoms with Gasteiger partial charge < -0.3 is 5.32 Å². The Hall–Kier alpha value is -2.21. The lowest BCUT2D eigenvalue weighted by Crippen LogP contribution is -2.02. The number of tetrazole rings is 1. The van der Waals surface area contributed by atoms with Crippen LogP contribution in [0.2, 0.25) is 0 Å². The number of nitrogens with zero attached hydrogens (tertiary/aromatic N) is 4. The smallest absolute Gasteiger partial charge is 0.153 e. The van der Waals surface area contributed by atoms with E-state index in [0.29, 0.717) is 0 Å². The summed E-state index contributed by atoms with van der Waals surface area (Å²) in [6.07, 6.45) is 0. The van der Waals surface area contributed by atoms with Crippen molar-refractivity contribution in [3.8, 4) is 5.69 Å². The fraction of sp³-hybridized carbons (Fsp3) is 0.154. The van der Waals surface area contributed by atoms with Crippen LogP contribution in [-0.4, -0.2) is 20.2 Å². The maximum absolute atomic E-state index is 3.97. The summed E-state index contributed by atoms with van der Waals surface area (Å²) in [6.45, 7) is 2.70. The predicted molar refractivity (Wildman–Crippen MR) is 75.5 cm³/mol. The van der Waals surface area contributed by atoms with Crippen molar-refractivity contribution in [2.45, 2.75) is 13.5 Å². The lowest BCUT2D eigenvalue weighted by Gasteiger charge is -2.07. The zero-order valence-electron chi connectivity index (χ0n) is 10.4. The van der Waals surface area contributed by atoms with E-state index in [9.17, 15) is 0 Å². The zero-order chi connectivity index (χ0) is 13.1. The van der Waals surface area contributed by atoms with Crippen molar-refractivity contribution in [2.24, 2.45) is 0 Å². The summed E-state index contributed by atoms with van der Waals surface area (Å²) < 4.78 is 1.72. The van der Waals surface area contributed by atoms with Gasteiger partial charge in [0.15, 0.2) is 5.82 Å². The average molecular weight is 271 g/mol. The number of aromatic nitrogens is 4. The molecule has 0 atom stereocenters. The van der Waals surface area contributed by atoms with Gasteiger partial charge in [0.25, 0.3) is 0 Å². The molecule has 0 aliphatic heterocycles. The Bertz CT molecular complexity index is 659. The van der Waals surface area contributed by atoms with Crippen LogP contribution < -0.4 is 5.32 Å². The first kappa shape index (κ1) is 11.9. The Kier molecular flexibility index (Phi) is 3.24. The van der Waals surface area contributed by atoms with Gasteiger partial charge in [-0.3, -0.25) is 0 Å². The molecule has 0 aliphatic rings.